The van der Waals surface area contributed by atoms with Gasteiger partial charge in [0.25, 0.3) is 0 Å². The summed E-state index contributed by atoms with van der Waals surface area (Å²) in [5.41, 5.74) is 2.71. The predicted octanol–water partition coefficient (Wildman–Crippen LogP) is 3.79. The number of aromatic nitrogens is 1. The summed E-state index contributed by atoms with van der Waals surface area (Å²) < 4.78 is 13.1. The number of nitrogens with one attached hydrogen (secondary N) is 1. The molecule has 17 heavy (non-hydrogen) atoms. The first kappa shape index (κ1) is 11.9. The molecule has 0 saturated carbocycles. The monoisotopic (exact) mass is 250 g/mol. The normalized spacial score (nSPS) is 10.3. The van der Waals surface area contributed by atoms with Gasteiger partial charge in [0.1, 0.15) is 5.82 Å². The van der Waals surface area contributed by atoms with E-state index >= 15 is 0 Å². The predicted molar refractivity (Wildman–Crippen MR) is 67.7 cm³/mol. The summed E-state index contributed by atoms with van der Waals surface area (Å²) in [6, 6.07) is 6.50. The molecular formula is C13H12ClFN2. The Hall–Kier alpha value is -1.61. The van der Waals surface area contributed by atoms with Crippen LogP contribution in [0.15, 0.2) is 36.7 Å². The lowest BCUT2D eigenvalue weighted by molar-refractivity contribution is 0.628. The molecule has 4 heteroatoms. The molecule has 1 aromatic carbocycles. The lowest BCUT2D eigenvalue weighted by Gasteiger charge is -2.10. The highest BCUT2D eigenvalue weighted by Crippen LogP contribution is 2.19. The fourth-order valence-electron chi connectivity index (χ4n) is 1.52. The van der Waals surface area contributed by atoms with E-state index in [1.165, 1.54) is 12.1 Å². The minimum atomic E-state index is -0.251. The number of benzene rings is 1. The van der Waals surface area contributed by atoms with Crippen LogP contribution in [0, 0.1) is 12.7 Å². The standard InChI is InChI=1S/C13H12ClFN2/c1-9-2-3-11(15)6-13(9)17-7-10-4-5-16-8-12(10)14/h2-6,8,17H,7H2,1H3. The SMILES string of the molecule is Cc1ccc(F)cc1NCc1ccncc1Cl. The Morgan fingerprint density at radius 2 is 2.18 bits per heavy atom. The summed E-state index contributed by atoms with van der Waals surface area (Å²) in [7, 11) is 0. The van der Waals surface area contributed by atoms with Crippen molar-refractivity contribution in [1.29, 1.82) is 0 Å². The number of anilines is 1. The van der Waals surface area contributed by atoms with Crippen LogP contribution in [0.5, 0.6) is 0 Å². The topological polar surface area (TPSA) is 24.9 Å². The molecular weight excluding hydrogens is 239 g/mol. The first-order valence-corrected chi connectivity index (χ1v) is 5.63. The quantitative estimate of drug-likeness (QED) is 0.896. The molecule has 1 aromatic heterocycles. The van der Waals surface area contributed by atoms with Gasteiger partial charge in [-0.1, -0.05) is 17.7 Å². The Kier molecular flexibility index (Phi) is 3.59. The van der Waals surface area contributed by atoms with Gasteiger partial charge in [-0.25, -0.2) is 4.39 Å². The molecule has 0 atom stereocenters. The van der Waals surface area contributed by atoms with Crippen molar-refractivity contribution in [2.45, 2.75) is 13.5 Å². The van der Waals surface area contributed by atoms with Crippen LogP contribution >= 0.6 is 11.6 Å². The molecule has 0 aliphatic rings. The number of pyridine rings is 1. The Morgan fingerprint density at radius 3 is 2.94 bits per heavy atom. The number of rotatable bonds is 3. The van der Waals surface area contributed by atoms with Crippen LogP contribution in [-0.2, 0) is 6.54 Å². The molecule has 2 nitrogen and oxygen atoms in total. The molecule has 0 saturated heterocycles. The third kappa shape index (κ3) is 2.94. The third-order valence-corrected chi connectivity index (χ3v) is 2.87. The molecule has 2 aromatic rings. The van der Waals surface area contributed by atoms with Crippen LogP contribution in [0.1, 0.15) is 11.1 Å². The molecule has 1 heterocycles. The van der Waals surface area contributed by atoms with Gasteiger partial charge in [0, 0.05) is 24.6 Å². The molecule has 1 N–H and O–H groups in total. The number of hydrogen-bond acceptors (Lipinski definition) is 2. The maximum Gasteiger partial charge on any atom is 0.125 e. The van der Waals surface area contributed by atoms with E-state index < -0.39 is 0 Å². The van der Waals surface area contributed by atoms with Crippen molar-refractivity contribution in [3.63, 3.8) is 0 Å². The van der Waals surface area contributed by atoms with Crippen molar-refractivity contribution in [3.8, 4) is 0 Å². The van der Waals surface area contributed by atoms with Crippen molar-refractivity contribution in [3.05, 3.63) is 58.6 Å². The Bertz CT molecular complexity index is 529. The van der Waals surface area contributed by atoms with Gasteiger partial charge in [-0.3, -0.25) is 4.98 Å². The molecule has 0 spiro atoms. The highest BCUT2D eigenvalue weighted by Gasteiger charge is 2.02. The molecule has 0 bridgehead atoms. The third-order valence-electron chi connectivity index (χ3n) is 2.53. The van der Waals surface area contributed by atoms with Crippen molar-refractivity contribution in [1.82, 2.24) is 4.98 Å². The summed E-state index contributed by atoms with van der Waals surface area (Å²) >= 11 is 5.98. The highest BCUT2D eigenvalue weighted by molar-refractivity contribution is 6.31. The zero-order chi connectivity index (χ0) is 12.3. The van der Waals surface area contributed by atoms with Gasteiger partial charge in [0.15, 0.2) is 0 Å². The average Bonchev–Trinajstić information content (AvgIpc) is 2.32. The molecule has 88 valence electrons. The maximum absolute atomic E-state index is 13.1. The Labute approximate surface area is 104 Å². The summed E-state index contributed by atoms with van der Waals surface area (Å²) in [6.07, 6.45) is 3.28. The highest BCUT2D eigenvalue weighted by atomic mass is 35.5. The molecule has 0 aliphatic heterocycles. The second-order valence-corrected chi connectivity index (χ2v) is 4.19. The number of halogens is 2. The van der Waals surface area contributed by atoms with Crippen LogP contribution in [0.4, 0.5) is 10.1 Å². The fourth-order valence-corrected chi connectivity index (χ4v) is 1.71. The van der Waals surface area contributed by atoms with Crippen molar-refractivity contribution < 1.29 is 4.39 Å². The van der Waals surface area contributed by atoms with Crippen molar-refractivity contribution in [2.75, 3.05) is 5.32 Å². The van der Waals surface area contributed by atoms with E-state index in [1.54, 1.807) is 18.5 Å². The van der Waals surface area contributed by atoms with Gasteiger partial charge in [-0.15, -0.1) is 0 Å². The number of nitrogens with zero attached hydrogens (tertiary/aromatic N) is 1. The minimum Gasteiger partial charge on any atom is -0.381 e. The van der Waals surface area contributed by atoms with E-state index in [2.05, 4.69) is 10.3 Å². The van der Waals surface area contributed by atoms with Crippen molar-refractivity contribution in [2.24, 2.45) is 0 Å². The molecule has 0 fully saturated rings. The molecule has 0 aliphatic carbocycles. The van der Waals surface area contributed by atoms with E-state index in [1.807, 2.05) is 13.0 Å². The molecule has 0 unspecified atom stereocenters. The van der Waals surface area contributed by atoms with Gasteiger partial charge in [0.05, 0.1) is 5.02 Å². The van der Waals surface area contributed by atoms with Gasteiger partial charge in [-0.05, 0) is 36.2 Å². The van der Waals surface area contributed by atoms with Crippen LogP contribution in [-0.4, -0.2) is 4.98 Å². The second-order valence-electron chi connectivity index (χ2n) is 3.78. The van der Waals surface area contributed by atoms with Crippen LogP contribution < -0.4 is 5.32 Å². The largest absolute Gasteiger partial charge is 0.381 e. The minimum absolute atomic E-state index is 0.251. The Balaban J connectivity index is 2.12. The van der Waals surface area contributed by atoms with E-state index in [0.29, 0.717) is 11.6 Å². The fraction of sp³-hybridized carbons (Fsp3) is 0.154. The van der Waals surface area contributed by atoms with E-state index in [-0.39, 0.29) is 5.82 Å². The number of hydrogen-bond donors (Lipinski definition) is 1. The Morgan fingerprint density at radius 1 is 1.35 bits per heavy atom. The maximum atomic E-state index is 13.1. The van der Waals surface area contributed by atoms with Crippen molar-refractivity contribution >= 4 is 17.3 Å². The molecule has 2 rings (SSSR count). The second kappa shape index (κ2) is 5.15. The van der Waals surface area contributed by atoms with Gasteiger partial charge in [-0.2, -0.15) is 0 Å². The summed E-state index contributed by atoms with van der Waals surface area (Å²) in [4.78, 5) is 3.91. The van der Waals surface area contributed by atoms with Gasteiger partial charge < -0.3 is 5.32 Å². The zero-order valence-electron chi connectivity index (χ0n) is 9.37. The lowest BCUT2D eigenvalue weighted by Crippen LogP contribution is -2.02. The van der Waals surface area contributed by atoms with Gasteiger partial charge >= 0.3 is 0 Å². The first-order valence-electron chi connectivity index (χ1n) is 5.25. The smallest absolute Gasteiger partial charge is 0.125 e. The summed E-state index contributed by atoms with van der Waals surface area (Å²) in [6.45, 7) is 2.47. The van der Waals surface area contributed by atoms with Crippen LogP contribution in [0.2, 0.25) is 5.02 Å². The summed E-state index contributed by atoms with van der Waals surface area (Å²) in [5, 5.41) is 3.76. The van der Waals surface area contributed by atoms with Crippen LogP contribution in [0.25, 0.3) is 0 Å². The molecule has 0 amide bonds. The van der Waals surface area contributed by atoms with E-state index in [4.69, 9.17) is 11.6 Å². The zero-order valence-corrected chi connectivity index (χ0v) is 10.1. The van der Waals surface area contributed by atoms with Crippen LogP contribution in [0.3, 0.4) is 0 Å². The van der Waals surface area contributed by atoms with E-state index in [9.17, 15) is 4.39 Å². The lowest BCUT2D eigenvalue weighted by atomic mass is 10.2. The van der Waals surface area contributed by atoms with E-state index in [0.717, 1.165) is 16.8 Å². The average molecular weight is 251 g/mol. The first-order chi connectivity index (χ1) is 8.16. The van der Waals surface area contributed by atoms with Gasteiger partial charge in [0.2, 0.25) is 0 Å². The number of aryl methyl sites for hydroxylation is 1. The summed E-state index contributed by atoms with van der Waals surface area (Å²) in [5.74, 6) is -0.251. The molecule has 0 radical (unpaired) electrons.